The molecule has 0 spiro atoms. The minimum Gasteiger partial charge on any atom is -0.480 e. The lowest BCUT2D eigenvalue weighted by atomic mass is 9.89. The summed E-state index contributed by atoms with van der Waals surface area (Å²) in [7, 11) is 0. The van der Waals surface area contributed by atoms with E-state index in [1.165, 1.54) is 37.0 Å². The van der Waals surface area contributed by atoms with Crippen molar-refractivity contribution in [2.45, 2.75) is 39.0 Å². The van der Waals surface area contributed by atoms with Crippen LogP contribution in [0.3, 0.4) is 0 Å². The Bertz CT molecular complexity index is 262. The van der Waals surface area contributed by atoms with Crippen molar-refractivity contribution in [3.8, 4) is 0 Å². The molecule has 0 radical (unpaired) electrons. The summed E-state index contributed by atoms with van der Waals surface area (Å²) in [5, 5.41) is 11.5. The summed E-state index contributed by atoms with van der Waals surface area (Å²) >= 11 is 0. The number of rotatable bonds is 5. The fourth-order valence-corrected chi connectivity index (χ4v) is 2.23. The number of carbonyl (C=O) groups excluding carboxylic acids is 1. The van der Waals surface area contributed by atoms with Crippen molar-refractivity contribution in [2.75, 3.05) is 19.6 Å². The Kier molecular flexibility index (Phi) is 5.80. The van der Waals surface area contributed by atoms with E-state index in [9.17, 15) is 9.59 Å². The molecule has 0 saturated heterocycles. The van der Waals surface area contributed by atoms with Crippen LogP contribution in [0.25, 0.3) is 0 Å². The van der Waals surface area contributed by atoms with Crippen LogP contribution in [0.15, 0.2) is 0 Å². The molecule has 1 saturated carbocycles. The molecule has 2 amide bonds. The molecule has 0 aromatic heterocycles. The first-order chi connectivity index (χ1) is 8.13. The zero-order chi connectivity index (χ0) is 12.7. The predicted molar refractivity (Wildman–Crippen MR) is 64.9 cm³/mol. The number of carbonyl (C=O) groups is 2. The molecule has 0 aromatic rings. The number of nitrogens with zero attached hydrogens (tertiary/aromatic N) is 1. The van der Waals surface area contributed by atoms with Gasteiger partial charge in [0.1, 0.15) is 6.54 Å². The van der Waals surface area contributed by atoms with Gasteiger partial charge in [0.2, 0.25) is 0 Å². The van der Waals surface area contributed by atoms with Crippen LogP contribution in [0.2, 0.25) is 0 Å². The van der Waals surface area contributed by atoms with Crippen LogP contribution in [0.4, 0.5) is 4.79 Å². The monoisotopic (exact) mass is 242 g/mol. The van der Waals surface area contributed by atoms with Crippen LogP contribution < -0.4 is 5.32 Å². The van der Waals surface area contributed by atoms with Gasteiger partial charge in [-0.1, -0.05) is 19.3 Å². The summed E-state index contributed by atoms with van der Waals surface area (Å²) in [5.74, 6) is -0.407. The van der Waals surface area contributed by atoms with E-state index in [1.54, 1.807) is 6.92 Å². The van der Waals surface area contributed by atoms with E-state index in [2.05, 4.69) is 5.32 Å². The summed E-state index contributed by atoms with van der Waals surface area (Å²) in [6.07, 6.45) is 6.13. The van der Waals surface area contributed by atoms with Gasteiger partial charge >= 0.3 is 12.0 Å². The number of urea groups is 1. The Morgan fingerprint density at radius 2 is 1.94 bits per heavy atom. The number of carboxylic acids is 1. The van der Waals surface area contributed by atoms with Gasteiger partial charge in [-0.3, -0.25) is 4.79 Å². The molecule has 5 nitrogen and oxygen atoms in total. The highest BCUT2D eigenvalue weighted by Crippen LogP contribution is 2.22. The molecule has 2 N–H and O–H groups in total. The quantitative estimate of drug-likeness (QED) is 0.770. The maximum atomic E-state index is 11.7. The standard InChI is InChI=1S/C12H22N2O3/c1-2-14(9-11(15)16)12(17)13-8-10-6-4-3-5-7-10/h10H,2-9H2,1H3,(H,13,17)(H,15,16). The third-order valence-electron chi connectivity index (χ3n) is 3.26. The van der Waals surface area contributed by atoms with Crippen LogP contribution >= 0.6 is 0 Å². The van der Waals surface area contributed by atoms with E-state index in [0.717, 1.165) is 0 Å². The number of carboxylic acid groups (broad SMARTS) is 1. The van der Waals surface area contributed by atoms with E-state index >= 15 is 0 Å². The van der Waals surface area contributed by atoms with Crippen molar-refractivity contribution in [1.29, 1.82) is 0 Å². The maximum absolute atomic E-state index is 11.7. The van der Waals surface area contributed by atoms with Gasteiger partial charge in [-0.05, 0) is 25.7 Å². The molecule has 5 heteroatoms. The molecular formula is C12H22N2O3. The number of nitrogens with one attached hydrogen (secondary N) is 1. The van der Waals surface area contributed by atoms with Crippen LogP contribution in [0, 0.1) is 5.92 Å². The Morgan fingerprint density at radius 3 is 2.47 bits per heavy atom. The van der Waals surface area contributed by atoms with Gasteiger partial charge in [-0.25, -0.2) is 4.79 Å². The molecule has 1 aliphatic carbocycles. The van der Waals surface area contributed by atoms with Crippen molar-refractivity contribution in [2.24, 2.45) is 5.92 Å². The van der Waals surface area contributed by atoms with Crippen LogP contribution in [0.1, 0.15) is 39.0 Å². The number of hydrogen-bond donors (Lipinski definition) is 2. The number of likely N-dealkylation sites (N-methyl/N-ethyl adjacent to an activating group) is 1. The Morgan fingerprint density at radius 1 is 1.29 bits per heavy atom. The molecule has 0 unspecified atom stereocenters. The van der Waals surface area contributed by atoms with Gasteiger partial charge in [0.25, 0.3) is 0 Å². The number of aliphatic carboxylic acids is 1. The Balaban J connectivity index is 2.28. The first-order valence-electron chi connectivity index (χ1n) is 6.38. The lowest BCUT2D eigenvalue weighted by Gasteiger charge is -2.24. The van der Waals surface area contributed by atoms with E-state index < -0.39 is 5.97 Å². The topological polar surface area (TPSA) is 69.6 Å². The lowest BCUT2D eigenvalue weighted by molar-refractivity contribution is -0.137. The smallest absolute Gasteiger partial charge is 0.323 e. The fraction of sp³-hybridized carbons (Fsp3) is 0.833. The number of hydrogen-bond acceptors (Lipinski definition) is 2. The average molecular weight is 242 g/mol. The summed E-state index contributed by atoms with van der Waals surface area (Å²) in [4.78, 5) is 23.6. The molecule has 1 rings (SSSR count). The minimum atomic E-state index is -0.973. The zero-order valence-corrected chi connectivity index (χ0v) is 10.4. The summed E-state index contributed by atoms with van der Waals surface area (Å²) < 4.78 is 0. The van der Waals surface area contributed by atoms with Gasteiger partial charge < -0.3 is 15.3 Å². The molecule has 0 atom stereocenters. The summed E-state index contributed by atoms with van der Waals surface area (Å²) in [5.41, 5.74) is 0. The fourth-order valence-electron chi connectivity index (χ4n) is 2.23. The third-order valence-corrected chi connectivity index (χ3v) is 3.26. The lowest BCUT2D eigenvalue weighted by Crippen LogP contribution is -2.44. The van der Waals surface area contributed by atoms with Crippen LogP contribution in [-0.4, -0.2) is 41.6 Å². The highest BCUT2D eigenvalue weighted by molar-refractivity contribution is 5.79. The van der Waals surface area contributed by atoms with Crippen molar-refractivity contribution < 1.29 is 14.7 Å². The zero-order valence-electron chi connectivity index (χ0n) is 10.4. The normalized spacial score (nSPS) is 16.5. The van der Waals surface area contributed by atoms with Gasteiger partial charge in [-0.2, -0.15) is 0 Å². The summed E-state index contributed by atoms with van der Waals surface area (Å²) in [6, 6.07) is -0.263. The van der Waals surface area contributed by atoms with Crippen molar-refractivity contribution in [1.82, 2.24) is 10.2 Å². The predicted octanol–water partition coefficient (Wildman–Crippen LogP) is 1.68. The van der Waals surface area contributed by atoms with E-state index in [0.29, 0.717) is 19.0 Å². The average Bonchev–Trinajstić information content (AvgIpc) is 2.34. The maximum Gasteiger partial charge on any atom is 0.323 e. The second-order valence-electron chi connectivity index (χ2n) is 4.60. The minimum absolute atomic E-state index is 0.229. The molecule has 0 aromatic carbocycles. The van der Waals surface area contributed by atoms with Crippen molar-refractivity contribution in [3.63, 3.8) is 0 Å². The highest BCUT2D eigenvalue weighted by atomic mass is 16.4. The van der Waals surface area contributed by atoms with Crippen LogP contribution in [-0.2, 0) is 4.79 Å². The first kappa shape index (κ1) is 13.8. The van der Waals surface area contributed by atoms with Crippen molar-refractivity contribution >= 4 is 12.0 Å². The molecule has 98 valence electrons. The van der Waals surface area contributed by atoms with E-state index in [1.807, 2.05) is 0 Å². The van der Waals surface area contributed by atoms with Crippen molar-refractivity contribution in [3.05, 3.63) is 0 Å². The summed E-state index contributed by atoms with van der Waals surface area (Å²) in [6.45, 7) is 2.65. The molecule has 1 fully saturated rings. The molecule has 0 aliphatic heterocycles. The van der Waals surface area contributed by atoms with Gasteiger partial charge in [0.15, 0.2) is 0 Å². The first-order valence-corrected chi connectivity index (χ1v) is 6.38. The van der Waals surface area contributed by atoms with Crippen LogP contribution in [0.5, 0.6) is 0 Å². The number of amides is 2. The second-order valence-corrected chi connectivity index (χ2v) is 4.60. The SMILES string of the molecule is CCN(CC(=O)O)C(=O)NCC1CCCCC1. The molecule has 1 aliphatic rings. The Labute approximate surface area is 102 Å². The largest absolute Gasteiger partial charge is 0.480 e. The van der Waals surface area contributed by atoms with Gasteiger partial charge in [-0.15, -0.1) is 0 Å². The molecule has 0 heterocycles. The van der Waals surface area contributed by atoms with E-state index in [4.69, 9.17) is 5.11 Å². The molecular weight excluding hydrogens is 220 g/mol. The second kappa shape index (κ2) is 7.14. The molecule has 17 heavy (non-hydrogen) atoms. The highest BCUT2D eigenvalue weighted by Gasteiger charge is 2.17. The van der Waals surface area contributed by atoms with Gasteiger partial charge in [0.05, 0.1) is 0 Å². The van der Waals surface area contributed by atoms with Gasteiger partial charge in [0, 0.05) is 13.1 Å². The Hall–Kier alpha value is -1.26. The third kappa shape index (κ3) is 5.06. The molecule has 0 bridgehead atoms. The van der Waals surface area contributed by atoms with E-state index in [-0.39, 0.29) is 12.6 Å².